The summed E-state index contributed by atoms with van der Waals surface area (Å²) in [5.41, 5.74) is 0.909. The van der Waals surface area contributed by atoms with Crippen molar-refractivity contribution in [1.82, 2.24) is 10.0 Å². The average molecular weight is 296 g/mol. The molecule has 1 aliphatic rings. The molecule has 1 atom stereocenters. The van der Waals surface area contributed by atoms with Crippen LogP contribution in [-0.2, 0) is 16.4 Å². The molecule has 0 bridgehead atoms. The Labute approximate surface area is 122 Å². The largest absolute Gasteiger partial charge is 0.314 e. The number of likely N-dealkylation sites (N-methyl/N-ethyl adjacent to an activating group) is 1. The van der Waals surface area contributed by atoms with E-state index in [0.29, 0.717) is 23.4 Å². The van der Waals surface area contributed by atoms with E-state index in [1.54, 1.807) is 19.1 Å². The van der Waals surface area contributed by atoms with Crippen molar-refractivity contribution in [2.45, 2.75) is 44.0 Å². The molecule has 0 amide bonds. The summed E-state index contributed by atoms with van der Waals surface area (Å²) in [6, 6.07) is 7.71. The van der Waals surface area contributed by atoms with Crippen LogP contribution in [0.1, 0.15) is 32.3 Å². The number of nitrogens with one attached hydrogen (secondary N) is 2. The van der Waals surface area contributed by atoms with Gasteiger partial charge in [0.25, 0.3) is 0 Å². The van der Waals surface area contributed by atoms with Crippen LogP contribution in [0.5, 0.6) is 0 Å². The Morgan fingerprint density at radius 1 is 1.20 bits per heavy atom. The molecular formula is C15H24N2O2S. The summed E-state index contributed by atoms with van der Waals surface area (Å²) in [4.78, 5) is 0.422. The molecular weight excluding hydrogens is 272 g/mol. The minimum atomic E-state index is -3.38. The number of rotatable bonds is 8. The molecule has 5 heteroatoms. The maximum absolute atomic E-state index is 12.2. The molecule has 20 heavy (non-hydrogen) atoms. The molecule has 2 rings (SSSR count). The van der Waals surface area contributed by atoms with E-state index in [0.717, 1.165) is 18.5 Å². The summed E-state index contributed by atoms with van der Waals surface area (Å²) in [6.07, 6.45) is 3.28. The van der Waals surface area contributed by atoms with Gasteiger partial charge in [-0.1, -0.05) is 32.0 Å². The Balaban J connectivity index is 2.23. The van der Waals surface area contributed by atoms with Gasteiger partial charge in [-0.15, -0.1) is 0 Å². The monoisotopic (exact) mass is 296 g/mol. The van der Waals surface area contributed by atoms with Gasteiger partial charge in [-0.2, -0.15) is 0 Å². The van der Waals surface area contributed by atoms with Gasteiger partial charge in [-0.3, -0.25) is 0 Å². The highest BCUT2D eigenvalue weighted by Crippen LogP contribution is 2.34. The number of hydrogen-bond acceptors (Lipinski definition) is 3. The molecule has 112 valence electrons. The Bertz CT molecular complexity index is 539. The molecule has 1 saturated carbocycles. The summed E-state index contributed by atoms with van der Waals surface area (Å²) in [5.74, 6) is 0.699. The Morgan fingerprint density at radius 2 is 1.90 bits per heavy atom. The molecule has 1 fully saturated rings. The lowest BCUT2D eigenvalue weighted by atomic mass is 10.0. The fourth-order valence-electron chi connectivity index (χ4n) is 2.61. The van der Waals surface area contributed by atoms with E-state index < -0.39 is 10.0 Å². The molecule has 1 aliphatic carbocycles. The number of benzene rings is 1. The molecule has 1 aromatic carbocycles. The van der Waals surface area contributed by atoms with Crippen molar-refractivity contribution >= 4 is 10.0 Å². The van der Waals surface area contributed by atoms with Gasteiger partial charge < -0.3 is 5.32 Å². The Morgan fingerprint density at radius 3 is 2.50 bits per heavy atom. The highest BCUT2D eigenvalue weighted by Gasteiger charge is 2.31. The first-order chi connectivity index (χ1) is 9.58. The van der Waals surface area contributed by atoms with Crippen LogP contribution in [0.25, 0.3) is 0 Å². The predicted molar refractivity (Wildman–Crippen MR) is 81.2 cm³/mol. The van der Waals surface area contributed by atoms with E-state index in [1.165, 1.54) is 12.8 Å². The first-order valence-electron chi connectivity index (χ1n) is 7.39. The second kappa shape index (κ2) is 6.70. The summed E-state index contributed by atoms with van der Waals surface area (Å²) in [5, 5.41) is 3.49. The molecule has 0 heterocycles. The topological polar surface area (TPSA) is 58.2 Å². The zero-order chi connectivity index (χ0) is 14.6. The van der Waals surface area contributed by atoms with Crippen LogP contribution in [0.4, 0.5) is 0 Å². The Kier molecular flexibility index (Phi) is 5.18. The maximum atomic E-state index is 12.2. The van der Waals surface area contributed by atoms with E-state index in [4.69, 9.17) is 0 Å². The zero-order valence-corrected chi connectivity index (χ0v) is 13.0. The van der Waals surface area contributed by atoms with Crippen LogP contribution >= 0.6 is 0 Å². The van der Waals surface area contributed by atoms with E-state index >= 15 is 0 Å². The van der Waals surface area contributed by atoms with Gasteiger partial charge in [0.2, 0.25) is 10.0 Å². The molecule has 0 saturated heterocycles. The highest BCUT2D eigenvalue weighted by molar-refractivity contribution is 7.89. The minimum absolute atomic E-state index is 0.387. The minimum Gasteiger partial charge on any atom is -0.314 e. The van der Waals surface area contributed by atoms with Crippen LogP contribution in [0.2, 0.25) is 0 Å². The molecule has 4 nitrogen and oxygen atoms in total. The van der Waals surface area contributed by atoms with Gasteiger partial charge in [0.1, 0.15) is 0 Å². The number of sulfonamides is 1. The van der Waals surface area contributed by atoms with E-state index in [1.807, 2.05) is 12.1 Å². The lowest BCUT2D eigenvalue weighted by Crippen LogP contribution is -2.34. The first kappa shape index (κ1) is 15.5. The third kappa shape index (κ3) is 3.81. The molecule has 0 radical (unpaired) electrons. The molecule has 0 aromatic heterocycles. The van der Waals surface area contributed by atoms with Crippen molar-refractivity contribution < 1.29 is 8.42 Å². The predicted octanol–water partition coefficient (Wildman–Crippen LogP) is 1.92. The molecule has 1 unspecified atom stereocenters. The van der Waals surface area contributed by atoms with Crippen LogP contribution < -0.4 is 10.0 Å². The van der Waals surface area contributed by atoms with Gasteiger partial charge in [0.15, 0.2) is 0 Å². The van der Waals surface area contributed by atoms with Crippen molar-refractivity contribution in [3.63, 3.8) is 0 Å². The molecule has 1 aromatic rings. The molecule has 0 aliphatic heterocycles. The fourth-order valence-corrected chi connectivity index (χ4v) is 3.90. The normalized spacial score (nSPS) is 17.1. The average Bonchev–Trinajstić information content (AvgIpc) is 3.23. The summed E-state index contributed by atoms with van der Waals surface area (Å²) in [7, 11) is -3.38. The highest BCUT2D eigenvalue weighted by atomic mass is 32.2. The van der Waals surface area contributed by atoms with Gasteiger partial charge in [0.05, 0.1) is 4.90 Å². The Hall–Kier alpha value is -0.910. The van der Waals surface area contributed by atoms with Crippen molar-refractivity contribution in [2.24, 2.45) is 5.92 Å². The third-order valence-corrected chi connectivity index (χ3v) is 5.34. The summed E-state index contributed by atoms with van der Waals surface area (Å²) < 4.78 is 27.1. The third-order valence-electron chi connectivity index (χ3n) is 3.69. The van der Waals surface area contributed by atoms with E-state index in [-0.39, 0.29) is 0 Å². The van der Waals surface area contributed by atoms with Crippen molar-refractivity contribution in [2.75, 3.05) is 13.1 Å². The van der Waals surface area contributed by atoms with Gasteiger partial charge >= 0.3 is 0 Å². The van der Waals surface area contributed by atoms with Gasteiger partial charge in [-0.05, 0) is 43.4 Å². The second-order valence-corrected chi connectivity index (χ2v) is 7.05. The lowest BCUT2D eigenvalue weighted by molar-refractivity contribution is 0.469. The fraction of sp³-hybridized carbons (Fsp3) is 0.600. The van der Waals surface area contributed by atoms with Gasteiger partial charge in [-0.25, -0.2) is 13.1 Å². The number of hydrogen-bond donors (Lipinski definition) is 2. The standard InChI is InChI=1S/C15H24N2O2S/c1-3-16-14(12-9-10-12)11-13-7-5-6-8-15(13)20(18,19)17-4-2/h5-8,12,14,16-17H,3-4,9-11H2,1-2H3. The SMILES string of the molecule is CCNC(Cc1ccccc1S(=O)(=O)NCC)C1CC1. The maximum Gasteiger partial charge on any atom is 0.240 e. The molecule has 2 N–H and O–H groups in total. The van der Waals surface area contributed by atoms with Crippen molar-refractivity contribution in [1.29, 1.82) is 0 Å². The summed E-state index contributed by atoms with van der Waals surface area (Å²) >= 11 is 0. The van der Waals surface area contributed by atoms with Crippen LogP contribution in [0.3, 0.4) is 0 Å². The van der Waals surface area contributed by atoms with Crippen LogP contribution in [-0.4, -0.2) is 27.5 Å². The second-order valence-electron chi connectivity index (χ2n) is 5.31. The van der Waals surface area contributed by atoms with Crippen molar-refractivity contribution in [3.05, 3.63) is 29.8 Å². The zero-order valence-electron chi connectivity index (χ0n) is 12.2. The first-order valence-corrected chi connectivity index (χ1v) is 8.87. The van der Waals surface area contributed by atoms with Crippen molar-refractivity contribution in [3.8, 4) is 0 Å². The van der Waals surface area contributed by atoms with E-state index in [2.05, 4.69) is 17.0 Å². The molecule has 0 spiro atoms. The quantitative estimate of drug-likeness (QED) is 0.770. The lowest BCUT2D eigenvalue weighted by Gasteiger charge is -2.19. The van der Waals surface area contributed by atoms with Crippen LogP contribution in [0.15, 0.2) is 29.2 Å². The van der Waals surface area contributed by atoms with E-state index in [9.17, 15) is 8.42 Å². The smallest absolute Gasteiger partial charge is 0.240 e. The van der Waals surface area contributed by atoms with Crippen LogP contribution in [0, 0.1) is 5.92 Å². The van der Waals surface area contributed by atoms with Gasteiger partial charge in [0, 0.05) is 12.6 Å². The summed E-state index contributed by atoms with van der Waals surface area (Å²) in [6.45, 7) is 5.22.